The summed E-state index contributed by atoms with van der Waals surface area (Å²) in [4.78, 5) is 10.3. The molecule has 0 saturated carbocycles. The summed E-state index contributed by atoms with van der Waals surface area (Å²) in [6.07, 6.45) is 4.66. The SMILES string of the molecule is O=C(O)/C=C/Cn1ccc2cc(Cl)ccc21. The van der Waals surface area contributed by atoms with Crippen LogP contribution in [-0.2, 0) is 11.3 Å². The zero-order valence-electron chi connectivity index (χ0n) is 8.43. The zero-order valence-corrected chi connectivity index (χ0v) is 9.19. The molecule has 1 aromatic heterocycles. The number of carbonyl (C=O) groups is 1. The first-order chi connectivity index (χ1) is 7.66. The summed E-state index contributed by atoms with van der Waals surface area (Å²) >= 11 is 5.87. The van der Waals surface area contributed by atoms with E-state index in [0.29, 0.717) is 11.6 Å². The molecule has 0 bridgehead atoms. The largest absolute Gasteiger partial charge is 0.478 e. The van der Waals surface area contributed by atoms with Crippen LogP contribution in [0.5, 0.6) is 0 Å². The van der Waals surface area contributed by atoms with E-state index in [2.05, 4.69) is 0 Å². The molecular weight excluding hydrogens is 226 g/mol. The minimum Gasteiger partial charge on any atom is -0.478 e. The van der Waals surface area contributed by atoms with Crippen molar-refractivity contribution in [1.29, 1.82) is 0 Å². The van der Waals surface area contributed by atoms with E-state index in [1.807, 2.05) is 35.0 Å². The maximum absolute atomic E-state index is 10.3. The summed E-state index contributed by atoms with van der Waals surface area (Å²) in [5.41, 5.74) is 1.04. The van der Waals surface area contributed by atoms with Gasteiger partial charge in [-0.05, 0) is 24.3 Å². The van der Waals surface area contributed by atoms with Gasteiger partial charge in [-0.1, -0.05) is 17.7 Å². The topological polar surface area (TPSA) is 42.2 Å². The molecule has 0 radical (unpaired) electrons. The fraction of sp³-hybridized carbons (Fsp3) is 0.0833. The van der Waals surface area contributed by atoms with E-state index in [1.54, 1.807) is 6.08 Å². The molecule has 82 valence electrons. The van der Waals surface area contributed by atoms with Crippen LogP contribution in [0.1, 0.15) is 0 Å². The average molecular weight is 236 g/mol. The third-order valence-electron chi connectivity index (χ3n) is 2.30. The first kappa shape index (κ1) is 10.8. The quantitative estimate of drug-likeness (QED) is 0.832. The van der Waals surface area contributed by atoms with E-state index >= 15 is 0 Å². The lowest BCUT2D eigenvalue weighted by molar-refractivity contribution is -0.131. The van der Waals surface area contributed by atoms with Crippen molar-refractivity contribution < 1.29 is 9.90 Å². The molecule has 1 heterocycles. The van der Waals surface area contributed by atoms with Gasteiger partial charge in [-0.25, -0.2) is 4.79 Å². The number of rotatable bonds is 3. The standard InChI is InChI=1S/C12H10ClNO2/c13-10-3-4-11-9(8-10)5-7-14(11)6-1-2-12(15)16/h1-5,7-8H,6H2,(H,15,16)/b2-1+. The van der Waals surface area contributed by atoms with Gasteiger partial charge in [-0.15, -0.1) is 0 Å². The number of aromatic nitrogens is 1. The fourth-order valence-electron chi connectivity index (χ4n) is 1.60. The molecule has 2 rings (SSSR count). The molecular formula is C12H10ClNO2. The third-order valence-corrected chi connectivity index (χ3v) is 2.53. The maximum Gasteiger partial charge on any atom is 0.328 e. The Hall–Kier alpha value is -1.74. The maximum atomic E-state index is 10.3. The summed E-state index contributed by atoms with van der Waals surface area (Å²) in [5.74, 6) is -0.931. The Morgan fingerprint density at radius 3 is 3.00 bits per heavy atom. The summed E-state index contributed by atoms with van der Waals surface area (Å²) in [6, 6.07) is 7.58. The summed E-state index contributed by atoms with van der Waals surface area (Å²) in [5, 5.41) is 10.2. The smallest absolute Gasteiger partial charge is 0.328 e. The Morgan fingerprint density at radius 2 is 2.25 bits per heavy atom. The van der Waals surface area contributed by atoms with Crippen LogP contribution in [0, 0.1) is 0 Å². The lowest BCUT2D eigenvalue weighted by Gasteiger charge is -2.00. The molecule has 2 aromatic rings. The molecule has 0 aliphatic rings. The Balaban J connectivity index is 2.28. The Kier molecular flexibility index (Phi) is 2.97. The Labute approximate surface area is 97.6 Å². The monoisotopic (exact) mass is 235 g/mol. The lowest BCUT2D eigenvalue weighted by Crippen LogP contribution is -1.94. The number of carboxylic acids is 1. The second kappa shape index (κ2) is 4.41. The van der Waals surface area contributed by atoms with Gasteiger partial charge < -0.3 is 9.67 Å². The van der Waals surface area contributed by atoms with Crippen molar-refractivity contribution in [2.24, 2.45) is 0 Å². The molecule has 0 aliphatic heterocycles. The van der Waals surface area contributed by atoms with Gasteiger partial charge in [0.05, 0.1) is 0 Å². The molecule has 3 nitrogen and oxygen atoms in total. The summed E-state index contributed by atoms with van der Waals surface area (Å²) < 4.78 is 1.96. The van der Waals surface area contributed by atoms with Crippen molar-refractivity contribution in [3.8, 4) is 0 Å². The zero-order chi connectivity index (χ0) is 11.5. The normalized spacial score (nSPS) is 11.3. The van der Waals surface area contributed by atoms with E-state index in [4.69, 9.17) is 16.7 Å². The second-order valence-electron chi connectivity index (χ2n) is 3.41. The van der Waals surface area contributed by atoms with Gasteiger partial charge in [0.15, 0.2) is 0 Å². The van der Waals surface area contributed by atoms with E-state index < -0.39 is 5.97 Å². The molecule has 16 heavy (non-hydrogen) atoms. The van der Waals surface area contributed by atoms with Gasteiger partial charge in [0.25, 0.3) is 0 Å². The molecule has 4 heteroatoms. The van der Waals surface area contributed by atoms with Crippen LogP contribution < -0.4 is 0 Å². The highest BCUT2D eigenvalue weighted by Crippen LogP contribution is 2.20. The number of hydrogen-bond acceptors (Lipinski definition) is 1. The Bertz CT molecular complexity index is 557. The number of aliphatic carboxylic acids is 1. The predicted octanol–water partition coefficient (Wildman–Crippen LogP) is 2.94. The van der Waals surface area contributed by atoms with Gasteiger partial charge in [0, 0.05) is 34.7 Å². The van der Waals surface area contributed by atoms with Crippen molar-refractivity contribution in [2.75, 3.05) is 0 Å². The summed E-state index contributed by atoms with van der Waals surface area (Å²) in [7, 11) is 0. The molecule has 0 amide bonds. The molecule has 0 spiro atoms. The molecule has 0 atom stereocenters. The number of nitrogens with zero attached hydrogens (tertiary/aromatic N) is 1. The van der Waals surface area contributed by atoms with Gasteiger partial charge in [0.2, 0.25) is 0 Å². The van der Waals surface area contributed by atoms with Crippen molar-refractivity contribution in [3.63, 3.8) is 0 Å². The number of halogens is 1. The van der Waals surface area contributed by atoms with Crippen LogP contribution in [0.15, 0.2) is 42.6 Å². The van der Waals surface area contributed by atoms with Crippen LogP contribution >= 0.6 is 11.6 Å². The van der Waals surface area contributed by atoms with E-state index in [9.17, 15) is 4.79 Å². The number of allylic oxidation sites excluding steroid dienone is 1. The highest BCUT2D eigenvalue weighted by molar-refractivity contribution is 6.31. The number of hydrogen-bond donors (Lipinski definition) is 1. The molecule has 0 fully saturated rings. The van der Waals surface area contributed by atoms with Gasteiger partial charge in [-0.2, -0.15) is 0 Å². The third kappa shape index (κ3) is 2.25. The first-order valence-electron chi connectivity index (χ1n) is 4.81. The fourth-order valence-corrected chi connectivity index (χ4v) is 1.78. The lowest BCUT2D eigenvalue weighted by atomic mass is 10.2. The van der Waals surface area contributed by atoms with E-state index in [0.717, 1.165) is 17.0 Å². The molecule has 1 aromatic carbocycles. The van der Waals surface area contributed by atoms with Crippen LogP contribution in [0.4, 0.5) is 0 Å². The van der Waals surface area contributed by atoms with Crippen molar-refractivity contribution in [1.82, 2.24) is 4.57 Å². The molecule has 0 saturated heterocycles. The number of carboxylic acid groups (broad SMARTS) is 1. The highest BCUT2D eigenvalue weighted by atomic mass is 35.5. The molecule has 1 N–H and O–H groups in total. The predicted molar refractivity (Wildman–Crippen MR) is 63.7 cm³/mol. The average Bonchev–Trinajstić information content (AvgIpc) is 2.60. The number of benzene rings is 1. The van der Waals surface area contributed by atoms with E-state index in [-0.39, 0.29) is 0 Å². The van der Waals surface area contributed by atoms with Crippen molar-refractivity contribution >= 4 is 28.5 Å². The van der Waals surface area contributed by atoms with Gasteiger partial charge in [-0.3, -0.25) is 0 Å². The minimum absolute atomic E-state index is 0.539. The van der Waals surface area contributed by atoms with Crippen LogP contribution in [0.3, 0.4) is 0 Å². The second-order valence-corrected chi connectivity index (χ2v) is 3.85. The summed E-state index contributed by atoms with van der Waals surface area (Å²) in [6.45, 7) is 0.539. The van der Waals surface area contributed by atoms with Gasteiger partial charge >= 0.3 is 5.97 Å². The Morgan fingerprint density at radius 1 is 1.44 bits per heavy atom. The number of fused-ring (bicyclic) bond motifs is 1. The first-order valence-corrected chi connectivity index (χ1v) is 5.18. The van der Waals surface area contributed by atoms with Crippen LogP contribution in [-0.4, -0.2) is 15.6 Å². The highest BCUT2D eigenvalue weighted by Gasteiger charge is 1.99. The van der Waals surface area contributed by atoms with E-state index in [1.165, 1.54) is 0 Å². The van der Waals surface area contributed by atoms with Crippen LogP contribution in [0.25, 0.3) is 10.9 Å². The van der Waals surface area contributed by atoms with Gasteiger partial charge in [0.1, 0.15) is 0 Å². The van der Waals surface area contributed by atoms with Crippen molar-refractivity contribution in [3.05, 3.63) is 47.6 Å². The van der Waals surface area contributed by atoms with Crippen LogP contribution in [0.2, 0.25) is 5.02 Å². The van der Waals surface area contributed by atoms with Crippen molar-refractivity contribution in [2.45, 2.75) is 6.54 Å². The molecule has 0 aliphatic carbocycles. The minimum atomic E-state index is -0.931. The molecule has 0 unspecified atom stereocenters.